The summed E-state index contributed by atoms with van der Waals surface area (Å²) < 4.78 is 0. The summed E-state index contributed by atoms with van der Waals surface area (Å²) in [5.74, 6) is -2.06. The number of amides is 1. The molecule has 0 bridgehead atoms. The summed E-state index contributed by atoms with van der Waals surface area (Å²) in [6.45, 7) is 0. The number of carbonyl (C=O) groups excluding carboxylic acids is 1. The lowest BCUT2D eigenvalue weighted by Crippen LogP contribution is -2.15. The molecule has 0 aliphatic heterocycles. The summed E-state index contributed by atoms with van der Waals surface area (Å²) in [5, 5.41) is 23.5. The van der Waals surface area contributed by atoms with Gasteiger partial charge in [-0.1, -0.05) is 23.2 Å². The van der Waals surface area contributed by atoms with Gasteiger partial charge in [-0.15, -0.1) is 10.2 Å². The Morgan fingerprint density at radius 1 is 1.26 bits per heavy atom. The molecule has 0 aliphatic rings. The number of carboxylic acid groups (broad SMARTS) is 1. The number of carboxylic acids is 1. The molecule has 0 saturated carbocycles. The van der Waals surface area contributed by atoms with E-state index in [1.807, 2.05) is 0 Å². The second-order valence-corrected chi connectivity index (χ2v) is 4.12. The molecule has 0 fully saturated rings. The highest BCUT2D eigenvalue weighted by Crippen LogP contribution is 2.32. The number of aromatic carboxylic acids is 1. The summed E-state index contributed by atoms with van der Waals surface area (Å²) in [4.78, 5) is 22.5. The van der Waals surface area contributed by atoms with Crippen molar-refractivity contribution in [2.45, 2.75) is 0 Å². The van der Waals surface area contributed by atoms with Crippen LogP contribution < -0.4 is 5.32 Å². The first-order valence-electron chi connectivity index (χ1n) is 4.76. The van der Waals surface area contributed by atoms with Crippen molar-refractivity contribution in [2.24, 2.45) is 0 Å². The molecule has 19 heavy (non-hydrogen) atoms. The van der Waals surface area contributed by atoms with Gasteiger partial charge in [0.1, 0.15) is 0 Å². The van der Waals surface area contributed by atoms with Gasteiger partial charge in [0, 0.05) is 0 Å². The van der Waals surface area contributed by atoms with Gasteiger partial charge in [-0.2, -0.15) is 5.21 Å². The summed E-state index contributed by atoms with van der Waals surface area (Å²) in [6.07, 6.45) is 0. The molecule has 1 aromatic heterocycles. The Hall–Kier alpha value is -2.19. The van der Waals surface area contributed by atoms with Crippen molar-refractivity contribution in [1.82, 2.24) is 20.6 Å². The number of carbonyl (C=O) groups is 2. The second kappa shape index (κ2) is 5.21. The molecule has 0 radical (unpaired) electrons. The van der Waals surface area contributed by atoms with Crippen LogP contribution in [0.4, 0.5) is 5.69 Å². The number of rotatable bonds is 3. The Balaban J connectivity index is 2.31. The smallest absolute Gasteiger partial charge is 0.335 e. The van der Waals surface area contributed by atoms with Crippen molar-refractivity contribution in [3.63, 3.8) is 0 Å². The monoisotopic (exact) mass is 301 g/mol. The molecule has 0 saturated heterocycles. The lowest BCUT2D eigenvalue weighted by molar-refractivity contribution is 0.0696. The molecule has 0 spiro atoms. The topological polar surface area (TPSA) is 121 Å². The highest BCUT2D eigenvalue weighted by atomic mass is 35.5. The van der Waals surface area contributed by atoms with Crippen LogP contribution in [0.15, 0.2) is 12.1 Å². The number of halogens is 2. The van der Waals surface area contributed by atoms with Gasteiger partial charge in [0.05, 0.1) is 21.3 Å². The van der Waals surface area contributed by atoms with Crippen LogP contribution in [0.2, 0.25) is 10.0 Å². The number of hydrogen-bond acceptors (Lipinski definition) is 5. The molecule has 98 valence electrons. The minimum atomic E-state index is -1.18. The summed E-state index contributed by atoms with van der Waals surface area (Å²) in [6, 6.07) is 2.34. The number of H-pyrrole nitrogens is 1. The standard InChI is InChI=1S/C9H5Cl2N5O3/c10-4-1-3(9(18)19)2-5(11)6(4)12-8(17)7-13-15-16-14-7/h1-2H,(H,12,17)(H,18,19)(H,13,14,15,16). The van der Waals surface area contributed by atoms with Crippen molar-refractivity contribution in [3.8, 4) is 0 Å². The highest BCUT2D eigenvalue weighted by molar-refractivity contribution is 6.40. The molecular weight excluding hydrogens is 297 g/mol. The Kier molecular flexibility index (Phi) is 3.63. The molecule has 0 atom stereocenters. The first-order chi connectivity index (χ1) is 8.99. The molecule has 1 heterocycles. The molecular formula is C9H5Cl2N5O3. The van der Waals surface area contributed by atoms with E-state index >= 15 is 0 Å². The van der Waals surface area contributed by atoms with Crippen molar-refractivity contribution in [2.75, 3.05) is 5.32 Å². The van der Waals surface area contributed by atoms with Gasteiger partial charge in [-0.05, 0) is 17.3 Å². The maximum atomic E-state index is 11.7. The van der Waals surface area contributed by atoms with E-state index in [0.29, 0.717) is 0 Å². The van der Waals surface area contributed by atoms with Gasteiger partial charge in [0.2, 0.25) is 0 Å². The number of aromatic amines is 1. The van der Waals surface area contributed by atoms with Crippen LogP contribution in [0.3, 0.4) is 0 Å². The maximum Gasteiger partial charge on any atom is 0.335 e. The zero-order valence-corrected chi connectivity index (χ0v) is 10.5. The number of nitrogens with one attached hydrogen (secondary N) is 2. The quantitative estimate of drug-likeness (QED) is 0.789. The van der Waals surface area contributed by atoms with Crippen LogP contribution in [0, 0.1) is 0 Å². The van der Waals surface area contributed by atoms with E-state index in [-0.39, 0.29) is 27.1 Å². The van der Waals surface area contributed by atoms with Gasteiger partial charge >= 0.3 is 5.97 Å². The molecule has 2 aromatic rings. The van der Waals surface area contributed by atoms with Crippen LogP contribution in [-0.2, 0) is 0 Å². The van der Waals surface area contributed by atoms with E-state index in [1.165, 1.54) is 12.1 Å². The molecule has 3 N–H and O–H groups in total. The predicted octanol–water partition coefficient (Wildman–Crippen LogP) is 1.46. The van der Waals surface area contributed by atoms with Crippen LogP contribution in [-0.4, -0.2) is 37.6 Å². The first-order valence-corrected chi connectivity index (χ1v) is 5.51. The number of nitrogens with zero attached hydrogens (tertiary/aromatic N) is 3. The summed E-state index contributed by atoms with van der Waals surface area (Å²) in [5.41, 5.74) is -0.0179. The van der Waals surface area contributed by atoms with Gasteiger partial charge in [0.25, 0.3) is 11.7 Å². The summed E-state index contributed by atoms with van der Waals surface area (Å²) in [7, 11) is 0. The number of anilines is 1. The van der Waals surface area contributed by atoms with Crippen LogP contribution >= 0.6 is 23.2 Å². The van der Waals surface area contributed by atoms with Crippen LogP contribution in [0.5, 0.6) is 0 Å². The van der Waals surface area contributed by atoms with E-state index in [2.05, 4.69) is 25.9 Å². The van der Waals surface area contributed by atoms with Gasteiger partial charge < -0.3 is 10.4 Å². The fourth-order valence-electron chi connectivity index (χ4n) is 1.24. The van der Waals surface area contributed by atoms with Gasteiger partial charge in [-0.25, -0.2) is 4.79 Å². The number of benzene rings is 1. The van der Waals surface area contributed by atoms with E-state index in [9.17, 15) is 9.59 Å². The minimum Gasteiger partial charge on any atom is -0.478 e. The van der Waals surface area contributed by atoms with Gasteiger partial charge in [-0.3, -0.25) is 4.79 Å². The molecule has 10 heteroatoms. The lowest BCUT2D eigenvalue weighted by Gasteiger charge is -2.08. The van der Waals surface area contributed by atoms with E-state index in [1.54, 1.807) is 0 Å². The second-order valence-electron chi connectivity index (χ2n) is 3.31. The van der Waals surface area contributed by atoms with Crippen molar-refractivity contribution >= 4 is 40.8 Å². The minimum absolute atomic E-state index is 0.0123. The molecule has 0 unspecified atom stereocenters. The predicted molar refractivity (Wildman–Crippen MR) is 65.6 cm³/mol. The Morgan fingerprint density at radius 3 is 2.37 bits per heavy atom. The van der Waals surface area contributed by atoms with Gasteiger partial charge in [0.15, 0.2) is 0 Å². The Bertz CT molecular complexity index is 620. The number of tetrazole rings is 1. The number of hydrogen-bond donors (Lipinski definition) is 3. The average Bonchev–Trinajstić information content (AvgIpc) is 2.86. The largest absolute Gasteiger partial charge is 0.478 e. The van der Waals surface area contributed by atoms with Crippen molar-refractivity contribution < 1.29 is 14.7 Å². The molecule has 1 aromatic carbocycles. The Labute approximate surface area is 115 Å². The first kappa shape index (κ1) is 13.2. The molecule has 8 nitrogen and oxygen atoms in total. The molecule has 0 aliphatic carbocycles. The summed E-state index contributed by atoms with van der Waals surface area (Å²) >= 11 is 11.7. The average molecular weight is 302 g/mol. The molecule has 1 amide bonds. The zero-order chi connectivity index (χ0) is 14.0. The van der Waals surface area contributed by atoms with E-state index in [0.717, 1.165) is 0 Å². The van der Waals surface area contributed by atoms with Crippen molar-refractivity contribution in [1.29, 1.82) is 0 Å². The third-order valence-electron chi connectivity index (χ3n) is 2.08. The SMILES string of the molecule is O=C(O)c1cc(Cl)c(NC(=O)c2nn[nH]n2)c(Cl)c1. The fraction of sp³-hybridized carbons (Fsp3) is 0. The number of aromatic nitrogens is 4. The fourth-order valence-corrected chi connectivity index (χ4v) is 1.82. The van der Waals surface area contributed by atoms with Crippen molar-refractivity contribution in [3.05, 3.63) is 33.6 Å². The highest BCUT2D eigenvalue weighted by Gasteiger charge is 2.17. The van der Waals surface area contributed by atoms with E-state index < -0.39 is 11.9 Å². The normalized spacial score (nSPS) is 10.2. The maximum absolute atomic E-state index is 11.7. The third kappa shape index (κ3) is 2.80. The molecule has 2 rings (SSSR count). The Morgan fingerprint density at radius 2 is 1.89 bits per heavy atom. The third-order valence-corrected chi connectivity index (χ3v) is 2.67. The van der Waals surface area contributed by atoms with Crippen LogP contribution in [0.1, 0.15) is 21.0 Å². The lowest BCUT2D eigenvalue weighted by atomic mass is 10.2. The van der Waals surface area contributed by atoms with E-state index in [4.69, 9.17) is 28.3 Å². The van der Waals surface area contributed by atoms with Crippen LogP contribution in [0.25, 0.3) is 0 Å². The zero-order valence-electron chi connectivity index (χ0n) is 9.02.